The molecule has 0 aromatic heterocycles. The molecule has 1 aliphatic carbocycles. The molecule has 0 aliphatic heterocycles. The van der Waals surface area contributed by atoms with Crippen LogP contribution in [0, 0.1) is 11.3 Å². The van der Waals surface area contributed by atoms with E-state index in [2.05, 4.69) is 20.8 Å². The number of hydrogen-bond acceptors (Lipinski definition) is 3. The number of benzene rings is 1. The Morgan fingerprint density at radius 1 is 1.15 bits per heavy atom. The predicted octanol–water partition coefficient (Wildman–Crippen LogP) is 5.60. The lowest BCUT2D eigenvalue weighted by Crippen LogP contribution is -2.16. The highest BCUT2D eigenvalue weighted by atomic mass is 32.2. The lowest BCUT2D eigenvalue weighted by molar-refractivity contribution is 0.299. The van der Waals surface area contributed by atoms with Crippen molar-refractivity contribution < 1.29 is 13.2 Å². The van der Waals surface area contributed by atoms with Crippen LogP contribution >= 0.6 is 0 Å². The lowest BCUT2D eigenvalue weighted by Gasteiger charge is -2.17. The third-order valence-corrected chi connectivity index (χ3v) is 6.91. The van der Waals surface area contributed by atoms with Crippen LogP contribution in [0.25, 0.3) is 0 Å². The van der Waals surface area contributed by atoms with Crippen LogP contribution in [0.2, 0.25) is 0 Å². The van der Waals surface area contributed by atoms with E-state index in [0.717, 1.165) is 49.5 Å². The smallest absolute Gasteiger partial charge is 0.150 e. The molecular weight excluding hydrogens is 344 g/mol. The van der Waals surface area contributed by atoms with Crippen molar-refractivity contribution in [2.45, 2.75) is 72.1 Å². The maximum absolute atomic E-state index is 12.5. The Hall–Kier alpha value is -1.03. The number of hydrogen-bond donors (Lipinski definition) is 0. The SMILES string of the molecule is C[C@@H](CS(=O)(=O)CCCCCC(C)(C)C)c1cccc(OCC2CC2)c1. The molecular formula is C22H36O3S. The maximum atomic E-state index is 12.5. The summed E-state index contributed by atoms with van der Waals surface area (Å²) < 4.78 is 30.7. The molecule has 2 rings (SSSR count). The zero-order chi connectivity index (χ0) is 19.2. The van der Waals surface area contributed by atoms with Crippen LogP contribution in [0.4, 0.5) is 0 Å². The molecule has 0 saturated heterocycles. The van der Waals surface area contributed by atoms with E-state index < -0.39 is 9.84 Å². The van der Waals surface area contributed by atoms with Gasteiger partial charge in [-0.2, -0.15) is 0 Å². The first kappa shape index (κ1) is 21.3. The van der Waals surface area contributed by atoms with Gasteiger partial charge in [0, 0.05) is 0 Å². The lowest BCUT2D eigenvalue weighted by atomic mass is 9.90. The van der Waals surface area contributed by atoms with Crippen LogP contribution in [-0.2, 0) is 9.84 Å². The monoisotopic (exact) mass is 380 g/mol. The summed E-state index contributed by atoms with van der Waals surface area (Å²) in [5, 5.41) is 0. The van der Waals surface area contributed by atoms with E-state index in [1.807, 2.05) is 31.2 Å². The second-order valence-corrected chi connectivity index (χ2v) is 11.4. The number of ether oxygens (including phenoxy) is 1. The summed E-state index contributed by atoms with van der Waals surface area (Å²) in [7, 11) is -3.01. The summed E-state index contributed by atoms with van der Waals surface area (Å²) in [6.07, 6.45) is 6.56. The summed E-state index contributed by atoms with van der Waals surface area (Å²) in [6.45, 7) is 9.47. The summed E-state index contributed by atoms with van der Waals surface area (Å²) in [6, 6.07) is 7.94. The van der Waals surface area contributed by atoms with Crippen LogP contribution in [-0.4, -0.2) is 26.5 Å². The standard InChI is InChI=1S/C22H36O3S/c1-18(17-26(23,24)14-7-5-6-13-22(2,3)4)20-9-8-10-21(15-20)25-16-19-11-12-19/h8-10,15,18-19H,5-7,11-14,16-17H2,1-4H3/t18-/m0/s1. The molecule has 3 nitrogen and oxygen atoms in total. The van der Waals surface area contributed by atoms with Gasteiger partial charge in [-0.25, -0.2) is 8.42 Å². The number of sulfone groups is 1. The van der Waals surface area contributed by atoms with Crippen LogP contribution in [0.1, 0.15) is 77.7 Å². The van der Waals surface area contributed by atoms with Crippen LogP contribution in [0.3, 0.4) is 0 Å². The molecule has 0 heterocycles. The third-order valence-electron chi connectivity index (χ3n) is 5.00. The van der Waals surface area contributed by atoms with Crippen molar-refractivity contribution in [1.82, 2.24) is 0 Å². The molecule has 1 saturated carbocycles. The first-order chi connectivity index (χ1) is 12.1. The van der Waals surface area contributed by atoms with E-state index in [9.17, 15) is 8.42 Å². The fourth-order valence-electron chi connectivity index (χ4n) is 3.12. The largest absolute Gasteiger partial charge is 0.493 e. The molecule has 1 aromatic rings. The Kier molecular flexibility index (Phi) is 7.57. The van der Waals surface area contributed by atoms with Gasteiger partial charge in [0.05, 0.1) is 18.1 Å². The molecule has 0 N–H and O–H groups in total. The zero-order valence-corrected chi connectivity index (χ0v) is 17.8. The van der Waals surface area contributed by atoms with Crippen molar-refractivity contribution >= 4 is 9.84 Å². The highest BCUT2D eigenvalue weighted by molar-refractivity contribution is 7.91. The Bertz CT molecular complexity index is 654. The second kappa shape index (κ2) is 9.25. The molecule has 0 bridgehead atoms. The van der Waals surface area contributed by atoms with Crippen molar-refractivity contribution in [2.75, 3.05) is 18.1 Å². The molecule has 0 radical (unpaired) electrons. The summed E-state index contributed by atoms with van der Waals surface area (Å²) in [5.74, 6) is 2.10. The fraction of sp³-hybridized carbons (Fsp3) is 0.727. The van der Waals surface area contributed by atoms with Crippen molar-refractivity contribution in [1.29, 1.82) is 0 Å². The van der Waals surface area contributed by atoms with E-state index in [0.29, 0.717) is 11.2 Å². The molecule has 0 amide bonds. The molecule has 148 valence electrons. The van der Waals surface area contributed by atoms with E-state index in [-0.39, 0.29) is 11.7 Å². The summed E-state index contributed by atoms with van der Waals surface area (Å²) in [5.41, 5.74) is 1.38. The minimum absolute atomic E-state index is 0.000879. The van der Waals surface area contributed by atoms with Crippen molar-refractivity contribution in [3.8, 4) is 5.75 Å². The Balaban J connectivity index is 1.77. The van der Waals surface area contributed by atoms with Crippen LogP contribution in [0.15, 0.2) is 24.3 Å². The normalized spacial score (nSPS) is 16.5. The average Bonchev–Trinajstić information content (AvgIpc) is 3.35. The quantitative estimate of drug-likeness (QED) is 0.469. The minimum atomic E-state index is -3.01. The first-order valence-corrected chi connectivity index (χ1v) is 11.9. The highest BCUT2D eigenvalue weighted by Gasteiger charge is 2.22. The van der Waals surface area contributed by atoms with Gasteiger partial charge < -0.3 is 4.74 Å². The van der Waals surface area contributed by atoms with Gasteiger partial charge in [0.15, 0.2) is 9.84 Å². The third kappa shape index (κ3) is 8.57. The Morgan fingerprint density at radius 2 is 1.88 bits per heavy atom. The van der Waals surface area contributed by atoms with Crippen LogP contribution in [0.5, 0.6) is 5.75 Å². The van der Waals surface area contributed by atoms with Crippen LogP contribution < -0.4 is 4.74 Å². The molecule has 26 heavy (non-hydrogen) atoms. The van der Waals surface area contributed by atoms with E-state index in [1.165, 1.54) is 12.8 Å². The van der Waals surface area contributed by atoms with Gasteiger partial charge >= 0.3 is 0 Å². The highest BCUT2D eigenvalue weighted by Crippen LogP contribution is 2.30. The van der Waals surface area contributed by atoms with Crippen molar-refractivity contribution in [2.24, 2.45) is 11.3 Å². The number of unbranched alkanes of at least 4 members (excludes halogenated alkanes) is 2. The molecule has 0 spiro atoms. The van der Waals surface area contributed by atoms with Gasteiger partial charge in [0.25, 0.3) is 0 Å². The Morgan fingerprint density at radius 3 is 2.54 bits per heavy atom. The van der Waals surface area contributed by atoms with Gasteiger partial charge in [0.2, 0.25) is 0 Å². The van der Waals surface area contributed by atoms with E-state index in [4.69, 9.17) is 4.74 Å². The second-order valence-electron chi connectivity index (χ2n) is 9.21. The van der Waals surface area contributed by atoms with Gasteiger partial charge in [-0.15, -0.1) is 0 Å². The van der Waals surface area contributed by atoms with Gasteiger partial charge in [-0.05, 0) is 60.6 Å². The summed E-state index contributed by atoms with van der Waals surface area (Å²) in [4.78, 5) is 0. The molecule has 0 unspecified atom stereocenters. The topological polar surface area (TPSA) is 43.4 Å². The minimum Gasteiger partial charge on any atom is -0.493 e. The fourth-order valence-corrected chi connectivity index (χ4v) is 4.89. The van der Waals surface area contributed by atoms with Gasteiger partial charge in [0.1, 0.15) is 5.75 Å². The molecule has 4 heteroatoms. The maximum Gasteiger partial charge on any atom is 0.150 e. The van der Waals surface area contributed by atoms with E-state index in [1.54, 1.807) is 0 Å². The van der Waals surface area contributed by atoms with Crippen molar-refractivity contribution in [3.05, 3.63) is 29.8 Å². The van der Waals surface area contributed by atoms with Crippen molar-refractivity contribution in [3.63, 3.8) is 0 Å². The van der Waals surface area contributed by atoms with E-state index >= 15 is 0 Å². The average molecular weight is 381 g/mol. The summed E-state index contributed by atoms with van der Waals surface area (Å²) >= 11 is 0. The zero-order valence-electron chi connectivity index (χ0n) is 17.0. The van der Waals surface area contributed by atoms with Gasteiger partial charge in [-0.3, -0.25) is 0 Å². The first-order valence-electron chi connectivity index (χ1n) is 10.1. The molecule has 1 aliphatic rings. The Labute approximate surface area is 160 Å². The molecule has 1 fully saturated rings. The predicted molar refractivity (Wildman–Crippen MR) is 110 cm³/mol. The number of rotatable bonds is 11. The molecule has 1 atom stereocenters. The molecule has 1 aromatic carbocycles. The van der Waals surface area contributed by atoms with Gasteiger partial charge in [-0.1, -0.05) is 52.7 Å².